The molecule has 35 heavy (non-hydrogen) atoms. The lowest BCUT2D eigenvalue weighted by Crippen LogP contribution is -2.48. The minimum absolute atomic E-state index is 0.0306. The van der Waals surface area contributed by atoms with E-state index in [1.807, 2.05) is 13.8 Å². The molecule has 3 heterocycles. The van der Waals surface area contributed by atoms with Crippen LogP contribution < -0.4 is 10.9 Å². The number of hydrogen-bond donors (Lipinski definition) is 2. The van der Waals surface area contributed by atoms with E-state index in [9.17, 15) is 22.8 Å². The van der Waals surface area contributed by atoms with Gasteiger partial charge in [0.15, 0.2) is 5.69 Å². The van der Waals surface area contributed by atoms with E-state index < -0.39 is 23.3 Å². The fourth-order valence-electron chi connectivity index (χ4n) is 4.44. The zero-order valence-corrected chi connectivity index (χ0v) is 20.0. The van der Waals surface area contributed by atoms with Crippen LogP contribution in [0.25, 0.3) is 10.9 Å². The zero-order valence-electron chi connectivity index (χ0n) is 20.0. The van der Waals surface area contributed by atoms with Crippen LogP contribution in [0.2, 0.25) is 0 Å². The topological polar surface area (TPSA) is 105 Å². The summed E-state index contributed by atoms with van der Waals surface area (Å²) < 4.78 is 48.8. The largest absolute Gasteiger partial charge is 0.416 e. The Morgan fingerprint density at radius 2 is 1.89 bits per heavy atom. The van der Waals surface area contributed by atoms with Crippen molar-refractivity contribution < 1.29 is 22.7 Å². The smallest absolute Gasteiger partial charge is 0.372 e. The average molecular weight is 493 g/mol. The van der Waals surface area contributed by atoms with Crippen molar-refractivity contribution in [1.29, 1.82) is 0 Å². The van der Waals surface area contributed by atoms with Crippen molar-refractivity contribution in [3.8, 4) is 0 Å². The molecule has 3 aromatic rings. The molecule has 1 aromatic carbocycles. The van der Waals surface area contributed by atoms with Gasteiger partial charge in [-0.3, -0.25) is 14.3 Å². The summed E-state index contributed by atoms with van der Waals surface area (Å²) in [5, 5.41) is 7.32. The first-order chi connectivity index (χ1) is 16.3. The third-order valence-electron chi connectivity index (χ3n) is 5.94. The van der Waals surface area contributed by atoms with Gasteiger partial charge in [0.1, 0.15) is 11.6 Å². The van der Waals surface area contributed by atoms with E-state index in [-0.39, 0.29) is 46.1 Å². The van der Waals surface area contributed by atoms with Crippen molar-refractivity contribution in [3.63, 3.8) is 0 Å². The molecule has 2 N–H and O–H groups in total. The number of aryl methyl sites for hydroxylation is 2. The number of halogens is 3. The second-order valence-electron chi connectivity index (χ2n) is 8.98. The summed E-state index contributed by atoms with van der Waals surface area (Å²) in [7, 11) is 1.60. The Balaban J connectivity index is 1.65. The molecule has 2 aromatic heterocycles. The Labute approximate surface area is 199 Å². The second kappa shape index (κ2) is 8.99. The van der Waals surface area contributed by atoms with Gasteiger partial charge in [-0.25, -0.2) is 4.98 Å². The first-order valence-corrected chi connectivity index (χ1v) is 11.2. The van der Waals surface area contributed by atoms with Gasteiger partial charge in [-0.1, -0.05) is 0 Å². The number of H-pyrrole nitrogens is 1. The second-order valence-corrected chi connectivity index (χ2v) is 8.98. The number of carbonyl (C=O) groups excluding carboxylic acids is 1. The van der Waals surface area contributed by atoms with Gasteiger partial charge in [0.05, 0.1) is 34.7 Å². The quantitative estimate of drug-likeness (QED) is 0.579. The molecule has 0 saturated carbocycles. The number of ether oxygens (including phenoxy) is 1. The minimum atomic E-state index is -4.66. The maximum Gasteiger partial charge on any atom is 0.416 e. The lowest BCUT2D eigenvalue weighted by atomic mass is 9.98. The Kier molecular flexibility index (Phi) is 6.34. The summed E-state index contributed by atoms with van der Waals surface area (Å²) in [4.78, 5) is 33.6. The van der Waals surface area contributed by atoms with E-state index in [0.29, 0.717) is 18.9 Å². The summed E-state index contributed by atoms with van der Waals surface area (Å²) in [6.45, 7) is 7.66. The Bertz CT molecular complexity index is 1320. The van der Waals surface area contributed by atoms with Crippen molar-refractivity contribution in [1.82, 2.24) is 24.6 Å². The van der Waals surface area contributed by atoms with E-state index in [1.54, 1.807) is 18.9 Å². The summed E-state index contributed by atoms with van der Waals surface area (Å²) in [5.74, 6) is 0.308. The van der Waals surface area contributed by atoms with E-state index in [1.165, 1.54) is 23.7 Å². The number of benzene rings is 1. The van der Waals surface area contributed by atoms with Crippen LogP contribution in [0.5, 0.6) is 0 Å². The summed E-state index contributed by atoms with van der Waals surface area (Å²) >= 11 is 0. The zero-order chi connectivity index (χ0) is 25.7. The molecule has 3 atom stereocenters. The van der Waals surface area contributed by atoms with Crippen LogP contribution >= 0.6 is 0 Å². The molecule has 12 heteroatoms. The molecule has 0 bridgehead atoms. The number of anilines is 1. The highest BCUT2D eigenvalue weighted by atomic mass is 19.4. The van der Waals surface area contributed by atoms with Crippen LogP contribution in [0.4, 0.5) is 19.0 Å². The number of amides is 1. The standard InChI is InChI=1S/C23H27F3N6O3/c1-11-9-32(10-12(2)35-11)22(34)19-8-20(31(5)30-19)27-13(3)15-6-16-18(7-17(15)23(24,25)26)28-14(4)29-21(16)33/h6-8,11-13,27H,9-10H2,1-5H3,(H,28,29,33)/t11-,12+,13?. The normalized spacial score (nSPS) is 19.7. The van der Waals surface area contributed by atoms with Crippen LogP contribution in [0, 0.1) is 6.92 Å². The molecule has 1 aliphatic rings. The molecule has 4 rings (SSSR count). The van der Waals surface area contributed by atoms with Gasteiger partial charge in [0.2, 0.25) is 0 Å². The molecule has 1 unspecified atom stereocenters. The Morgan fingerprint density at radius 1 is 1.23 bits per heavy atom. The van der Waals surface area contributed by atoms with Crippen LogP contribution in [0.15, 0.2) is 23.0 Å². The number of fused-ring (bicyclic) bond motifs is 1. The van der Waals surface area contributed by atoms with Gasteiger partial charge in [-0.15, -0.1) is 0 Å². The molecule has 1 aliphatic heterocycles. The number of morpholine rings is 1. The fourth-order valence-corrected chi connectivity index (χ4v) is 4.44. The first-order valence-electron chi connectivity index (χ1n) is 11.2. The number of carbonyl (C=O) groups is 1. The molecule has 1 amide bonds. The number of aromatic amines is 1. The molecule has 1 saturated heterocycles. The third kappa shape index (κ3) is 5.02. The highest BCUT2D eigenvalue weighted by molar-refractivity contribution is 5.93. The first kappa shape index (κ1) is 24.7. The fraction of sp³-hybridized carbons (Fsp3) is 0.478. The summed E-state index contributed by atoms with van der Waals surface area (Å²) in [6.07, 6.45) is -4.88. The molecular weight excluding hydrogens is 465 g/mol. The Hall–Kier alpha value is -3.41. The van der Waals surface area contributed by atoms with Gasteiger partial charge in [0, 0.05) is 26.2 Å². The van der Waals surface area contributed by atoms with Crippen molar-refractivity contribution >= 4 is 22.6 Å². The van der Waals surface area contributed by atoms with E-state index >= 15 is 0 Å². The van der Waals surface area contributed by atoms with Crippen molar-refractivity contribution in [2.75, 3.05) is 18.4 Å². The molecular formula is C23H27F3N6O3. The number of alkyl halides is 3. The lowest BCUT2D eigenvalue weighted by Gasteiger charge is -2.34. The minimum Gasteiger partial charge on any atom is -0.372 e. The van der Waals surface area contributed by atoms with Crippen molar-refractivity contribution in [3.05, 3.63) is 51.2 Å². The summed E-state index contributed by atoms with van der Waals surface area (Å²) in [6, 6.07) is 2.75. The van der Waals surface area contributed by atoms with Gasteiger partial charge in [0.25, 0.3) is 11.5 Å². The summed E-state index contributed by atoms with van der Waals surface area (Å²) in [5.41, 5.74) is -1.38. The van der Waals surface area contributed by atoms with Crippen LogP contribution in [-0.2, 0) is 18.0 Å². The Morgan fingerprint density at radius 3 is 2.51 bits per heavy atom. The number of hydrogen-bond acceptors (Lipinski definition) is 6. The maximum absolute atomic E-state index is 13.9. The van der Waals surface area contributed by atoms with Gasteiger partial charge < -0.3 is 19.9 Å². The molecule has 1 fully saturated rings. The molecule has 0 aliphatic carbocycles. The predicted octanol–water partition coefficient (Wildman–Crippen LogP) is 3.41. The van der Waals surface area contributed by atoms with Gasteiger partial charge in [-0.2, -0.15) is 18.3 Å². The number of aromatic nitrogens is 4. The molecule has 0 spiro atoms. The maximum atomic E-state index is 13.9. The van der Waals surface area contributed by atoms with Crippen molar-refractivity contribution in [2.45, 2.75) is 52.1 Å². The average Bonchev–Trinajstić information content (AvgIpc) is 3.11. The monoisotopic (exact) mass is 492 g/mol. The van der Waals surface area contributed by atoms with E-state index in [4.69, 9.17) is 4.74 Å². The highest BCUT2D eigenvalue weighted by Gasteiger charge is 2.36. The van der Waals surface area contributed by atoms with Gasteiger partial charge >= 0.3 is 6.18 Å². The highest BCUT2D eigenvalue weighted by Crippen LogP contribution is 2.37. The molecule has 9 nitrogen and oxygen atoms in total. The SMILES string of the molecule is Cc1nc2cc(C(F)(F)F)c(C(C)Nc3cc(C(=O)N4C[C@@H](C)O[C@@H](C)C4)nn3C)cc2c(=O)[nH]1. The number of rotatable bonds is 4. The van der Waals surface area contributed by atoms with Crippen molar-refractivity contribution in [2.24, 2.45) is 7.05 Å². The third-order valence-corrected chi connectivity index (χ3v) is 5.94. The van der Waals surface area contributed by atoms with E-state index in [2.05, 4.69) is 20.4 Å². The lowest BCUT2D eigenvalue weighted by molar-refractivity contribution is -0.138. The molecule has 188 valence electrons. The van der Waals surface area contributed by atoms with Crippen LogP contribution in [0.3, 0.4) is 0 Å². The number of nitrogens with one attached hydrogen (secondary N) is 2. The predicted molar refractivity (Wildman–Crippen MR) is 123 cm³/mol. The van der Waals surface area contributed by atoms with E-state index in [0.717, 1.165) is 6.07 Å². The van der Waals surface area contributed by atoms with Crippen LogP contribution in [0.1, 0.15) is 54.3 Å². The molecule has 0 radical (unpaired) electrons. The van der Waals surface area contributed by atoms with Gasteiger partial charge in [-0.05, 0) is 45.4 Å². The number of nitrogens with zero attached hydrogens (tertiary/aromatic N) is 4. The van der Waals surface area contributed by atoms with Crippen LogP contribution in [-0.4, -0.2) is 55.9 Å².